The van der Waals surface area contributed by atoms with Gasteiger partial charge in [0.15, 0.2) is 0 Å². The number of hydrogen-bond donors (Lipinski definition) is 1. The first-order chi connectivity index (χ1) is 9.76. The smallest absolute Gasteiger partial charge is 0.120 e. The third kappa shape index (κ3) is 2.68. The van der Waals surface area contributed by atoms with Crippen molar-refractivity contribution >= 4 is 10.9 Å². The zero-order valence-corrected chi connectivity index (χ0v) is 12.3. The van der Waals surface area contributed by atoms with E-state index in [9.17, 15) is 0 Å². The van der Waals surface area contributed by atoms with E-state index in [1.165, 1.54) is 23.7 Å². The molecule has 3 rings (SSSR count). The summed E-state index contributed by atoms with van der Waals surface area (Å²) in [5.41, 5.74) is 7.51. The predicted molar refractivity (Wildman–Crippen MR) is 83.1 cm³/mol. The van der Waals surface area contributed by atoms with Crippen LogP contribution in [0, 0.1) is 5.41 Å². The summed E-state index contributed by atoms with van der Waals surface area (Å²) in [7, 11) is 0. The average Bonchev–Trinajstić information content (AvgIpc) is 3.10. The Bertz CT molecular complexity index is 584. The van der Waals surface area contributed by atoms with Gasteiger partial charge >= 0.3 is 0 Å². The molecular formula is C17H24N2O. The summed E-state index contributed by atoms with van der Waals surface area (Å²) < 4.78 is 8.08. The van der Waals surface area contributed by atoms with Crippen LogP contribution >= 0.6 is 0 Å². The van der Waals surface area contributed by atoms with Crippen LogP contribution in [0.3, 0.4) is 0 Å². The van der Waals surface area contributed by atoms with Gasteiger partial charge in [-0.05, 0) is 61.9 Å². The first-order valence-electron chi connectivity index (χ1n) is 7.68. The average molecular weight is 272 g/mol. The lowest BCUT2D eigenvalue weighted by Gasteiger charge is -2.16. The Kier molecular flexibility index (Phi) is 3.70. The SMILES string of the molecule is CCCOc1ccc2c(ccn2CC2(CCN)CC2)c1. The first kappa shape index (κ1) is 13.5. The van der Waals surface area contributed by atoms with Crippen LogP contribution in [0.2, 0.25) is 0 Å². The topological polar surface area (TPSA) is 40.2 Å². The van der Waals surface area contributed by atoms with Crippen molar-refractivity contribution in [2.24, 2.45) is 11.1 Å². The lowest BCUT2D eigenvalue weighted by atomic mass is 10.0. The molecule has 0 saturated heterocycles. The summed E-state index contributed by atoms with van der Waals surface area (Å²) in [5.74, 6) is 0.972. The van der Waals surface area contributed by atoms with Crippen molar-refractivity contribution in [2.75, 3.05) is 13.2 Å². The van der Waals surface area contributed by atoms with E-state index in [0.29, 0.717) is 5.41 Å². The van der Waals surface area contributed by atoms with Gasteiger partial charge in [0.05, 0.1) is 6.61 Å². The van der Waals surface area contributed by atoms with Gasteiger partial charge in [-0.1, -0.05) is 6.92 Å². The standard InChI is InChI=1S/C17H24N2O/c1-2-11-20-15-3-4-16-14(12-15)5-10-19(16)13-17(6-7-17)8-9-18/h3-5,10,12H,2,6-9,11,13,18H2,1H3. The van der Waals surface area contributed by atoms with E-state index in [4.69, 9.17) is 10.5 Å². The van der Waals surface area contributed by atoms with Gasteiger partial charge in [-0.15, -0.1) is 0 Å². The van der Waals surface area contributed by atoms with Crippen molar-refractivity contribution in [3.05, 3.63) is 30.5 Å². The molecule has 3 heteroatoms. The van der Waals surface area contributed by atoms with Gasteiger partial charge in [0.25, 0.3) is 0 Å². The second kappa shape index (κ2) is 5.49. The van der Waals surface area contributed by atoms with Crippen molar-refractivity contribution in [2.45, 2.75) is 39.2 Å². The number of ether oxygens (including phenoxy) is 1. The second-order valence-electron chi connectivity index (χ2n) is 6.05. The lowest BCUT2D eigenvalue weighted by molar-refractivity contribution is 0.318. The second-order valence-corrected chi connectivity index (χ2v) is 6.05. The van der Waals surface area contributed by atoms with Crippen LogP contribution in [0.5, 0.6) is 5.75 Å². The largest absolute Gasteiger partial charge is 0.494 e. The molecule has 1 fully saturated rings. The molecule has 1 aromatic heterocycles. The van der Waals surface area contributed by atoms with Crippen LogP contribution in [0.15, 0.2) is 30.5 Å². The molecule has 20 heavy (non-hydrogen) atoms. The molecule has 108 valence electrons. The van der Waals surface area contributed by atoms with Gasteiger partial charge in [0, 0.05) is 23.6 Å². The Hall–Kier alpha value is -1.48. The molecule has 1 aliphatic carbocycles. The first-order valence-corrected chi connectivity index (χ1v) is 7.68. The van der Waals surface area contributed by atoms with Gasteiger partial charge in [-0.2, -0.15) is 0 Å². The van der Waals surface area contributed by atoms with E-state index in [1.807, 2.05) is 0 Å². The van der Waals surface area contributed by atoms with E-state index in [2.05, 4.69) is 42.0 Å². The number of hydrogen-bond acceptors (Lipinski definition) is 2. The van der Waals surface area contributed by atoms with E-state index < -0.39 is 0 Å². The Balaban J connectivity index is 1.79. The van der Waals surface area contributed by atoms with Crippen molar-refractivity contribution in [1.29, 1.82) is 0 Å². The molecule has 1 aliphatic rings. The van der Waals surface area contributed by atoms with Crippen molar-refractivity contribution in [3.63, 3.8) is 0 Å². The minimum absolute atomic E-state index is 0.470. The maximum absolute atomic E-state index is 5.74. The van der Waals surface area contributed by atoms with Crippen LogP contribution in [0.25, 0.3) is 10.9 Å². The number of fused-ring (bicyclic) bond motifs is 1. The van der Waals surface area contributed by atoms with Crippen LogP contribution in [0.4, 0.5) is 0 Å². The molecule has 1 saturated carbocycles. The minimum Gasteiger partial charge on any atom is -0.494 e. The Morgan fingerprint density at radius 1 is 1.30 bits per heavy atom. The Labute approximate surface area is 120 Å². The van der Waals surface area contributed by atoms with Gasteiger partial charge in [0.1, 0.15) is 5.75 Å². The molecule has 0 aliphatic heterocycles. The van der Waals surface area contributed by atoms with Crippen LogP contribution in [-0.4, -0.2) is 17.7 Å². The summed E-state index contributed by atoms with van der Waals surface area (Å²) in [4.78, 5) is 0. The van der Waals surface area contributed by atoms with Crippen molar-refractivity contribution in [1.82, 2.24) is 4.57 Å². The summed E-state index contributed by atoms with van der Waals surface area (Å²) in [5, 5.41) is 1.27. The molecule has 0 bridgehead atoms. The molecular weight excluding hydrogens is 248 g/mol. The van der Waals surface area contributed by atoms with E-state index in [1.54, 1.807) is 0 Å². The summed E-state index contributed by atoms with van der Waals surface area (Å²) in [6.45, 7) is 4.81. The fraction of sp³-hybridized carbons (Fsp3) is 0.529. The highest BCUT2D eigenvalue weighted by molar-refractivity contribution is 5.81. The quantitative estimate of drug-likeness (QED) is 0.837. The highest BCUT2D eigenvalue weighted by Gasteiger charge is 2.41. The molecule has 2 aromatic rings. The predicted octanol–water partition coefficient (Wildman–Crippen LogP) is 3.56. The third-order valence-corrected chi connectivity index (χ3v) is 4.35. The zero-order valence-electron chi connectivity index (χ0n) is 12.3. The number of benzene rings is 1. The number of rotatable bonds is 7. The molecule has 0 atom stereocenters. The molecule has 0 radical (unpaired) electrons. The van der Waals surface area contributed by atoms with Gasteiger partial charge in [-0.25, -0.2) is 0 Å². The molecule has 1 heterocycles. The van der Waals surface area contributed by atoms with Gasteiger partial charge < -0.3 is 15.0 Å². The number of aromatic nitrogens is 1. The maximum atomic E-state index is 5.74. The highest BCUT2D eigenvalue weighted by atomic mass is 16.5. The molecule has 3 nitrogen and oxygen atoms in total. The maximum Gasteiger partial charge on any atom is 0.120 e. The fourth-order valence-electron chi connectivity index (χ4n) is 2.96. The fourth-order valence-corrected chi connectivity index (χ4v) is 2.96. The van der Waals surface area contributed by atoms with Gasteiger partial charge in [-0.3, -0.25) is 0 Å². The van der Waals surface area contributed by atoms with Crippen molar-refractivity contribution in [3.8, 4) is 5.75 Å². The summed E-state index contributed by atoms with van der Waals surface area (Å²) in [6.07, 6.45) is 7.03. The van der Waals surface area contributed by atoms with Gasteiger partial charge in [0.2, 0.25) is 0 Å². The Morgan fingerprint density at radius 2 is 2.15 bits per heavy atom. The van der Waals surface area contributed by atoms with Crippen LogP contribution < -0.4 is 10.5 Å². The van der Waals surface area contributed by atoms with Crippen LogP contribution in [-0.2, 0) is 6.54 Å². The van der Waals surface area contributed by atoms with E-state index in [0.717, 1.165) is 38.3 Å². The monoisotopic (exact) mass is 272 g/mol. The van der Waals surface area contributed by atoms with E-state index in [-0.39, 0.29) is 0 Å². The highest BCUT2D eigenvalue weighted by Crippen LogP contribution is 2.50. The number of nitrogens with zero attached hydrogens (tertiary/aromatic N) is 1. The summed E-state index contributed by atoms with van der Waals surface area (Å²) in [6, 6.07) is 8.59. The lowest BCUT2D eigenvalue weighted by Crippen LogP contribution is -2.15. The van der Waals surface area contributed by atoms with Crippen LogP contribution in [0.1, 0.15) is 32.6 Å². The third-order valence-electron chi connectivity index (χ3n) is 4.35. The molecule has 1 aromatic carbocycles. The van der Waals surface area contributed by atoms with E-state index >= 15 is 0 Å². The summed E-state index contributed by atoms with van der Waals surface area (Å²) >= 11 is 0. The zero-order chi connectivity index (χ0) is 14.0. The molecule has 0 spiro atoms. The Morgan fingerprint density at radius 3 is 2.85 bits per heavy atom. The molecule has 0 amide bonds. The van der Waals surface area contributed by atoms with Crippen molar-refractivity contribution < 1.29 is 4.74 Å². The minimum atomic E-state index is 0.470. The number of nitrogens with two attached hydrogens (primary N) is 1. The molecule has 2 N–H and O–H groups in total. The molecule has 0 unspecified atom stereocenters. The normalized spacial score (nSPS) is 16.5.